The normalized spacial score (nSPS) is 12.6. The molecular formula is C22H23N3O4S. The predicted octanol–water partition coefficient (Wildman–Crippen LogP) is 3.68. The van der Waals surface area contributed by atoms with Crippen LogP contribution in [0.15, 0.2) is 71.8 Å². The number of fused-ring (bicyclic) bond motifs is 1. The highest BCUT2D eigenvalue weighted by molar-refractivity contribution is 7.92. The van der Waals surface area contributed by atoms with Gasteiger partial charge in [-0.25, -0.2) is 13.4 Å². The first-order chi connectivity index (χ1) is 14.6. The third kappa shape index (κ3) is 4.18. The number of nitrogens with one attached hydrogen (secondary N) is 1. The molecular weight excluding hydrogens is 402 g/mol. The van der Waals surface area contributed by atoms with E-state index in [-0.39, 0.29) is 11.7 Å². The Morgan fingerprint density at radius 1 is 1.03 bits per heavy atom. The van der Waals surface area contributed by atoms with Crippen LogP contribution in [0.3, 0.4) is 0 Å². The van der Waals surface area contributed by atoms with Gasteiger partial charge in [0, 0.05) is 19.3 Å². The van der Waals surface area contributed by atoms with Crippen LogP contribution in [0.1, 0.15) is 12.5 Å². The fraction of sp³-hybridized carbons (Fsp3) is 0.227. The van der Waals surface area contributed by atoms with E-state index in [1.165, 1.54) is 10.5 Å². The van der Waals surface area contributed by atoms with Crippen LogP contribution in [0.25, 0.3) is 0 Å². The van der Waals surface area contributed by atoms with Gasteiger partial charge < -0.3 is 14.8 Å². The molecule has 0 saturated carbocycles. The van der Waals surface area contributed by atoms with Crippen molar-refractivity contribution in [1.82, 2.24) is 4.98 Å². The highest BCUT2D eigenvalue weighted by atomic mass is 32.2. The zero-order valence-corrected chi connectivity index (χ0v) is 17.4. The largest absolute Gasteiger partial charge is 0.454 e. The second-order valence-corrected chi connectivity index (χ2v) is 8.61. The molecule has 1 N–H and O–H groups in total. The number of sulfonamides is 1. The molecule has 1 aromatic heterocycles. The van der Waals surface area contributed by atoms with E-state index in [0.29, 0.717) is 24.6 Å². The van der Waals surface area contributed by atoms with E-state index >= 15 is 0 Å². The van der Waals surface area contributed by atoms with Gasteiger partial charge >= 0.3 is 0 Å². The number of benzene rings is 2. The van der Waals surface area contributed by atoms with Gasteiger partial charge in [-0.3, -0.25) is 4.31 Å². The van der Waals surface area contributed by atoms with E-state index in [1.54, 1.807) is 24.3 Å². The molecule has 0 atom stereocenters. The van der Waals surface area contributed by atoms with Crippen LogP contribution in [0.4, 0.5) is 11.5 Å². The average molecular weight is 426 g/mol. The van der Waals surface area contributed by atoms with Crippen LogP contribution in [-0.2, 0) is 16.4 Å². The van der Waals surface area contributed by atoms with Crippen LogP contribution in [0, 0.1) is 0 Å². The number of aromatic nitrogens is 1. The molecule has 3 aromatic rings. The number of hydrogen-bond acceptors (Lipinski definition) is 6. The Bertz CT molecular complexity index is 1100. The van der Waals surface area contributed by atoms with Crippen molar-refractivity contribution in [2.45, 2.75) is 18.2 Å². The summed E-state index contributed by atoms with van der Waals surface area (Å²) >= 11 is 0. The second kappa shape index (κ2) is 8.62. The minimum atomic E-state index is -3.67. The van der Waals surface area contributed by atoms with Crippen molar-refractivity contribution < 1.29 is 17.9 Å². The van der Waals surface area contributed by atoms with Gasteiger partial charge in [-0.1, -0.05) is 24.3 Å². The van der Waals surface area contributed by atoms with Gasteiger partial charge in [-0.05, 0) is 55.3 Å². The lowest BCUT2D eigenvalue weighted by atomic mass is 10.1. The fourth-order valence-electron chi connectivity index (χ4n) is 3.28. The summed E-state index contributed by atoms with van der Waals surface area (Å²) in [6, 6.07) is 18.2. The molecule has 8 heteroatoms. The Kier molecular flexibility index (Phi) is 5.76. The maximum atomic E-state index is 13.0. The average Bonchev–Trinajstić information content (AvgIpc) is 3.23. The molecule has 0 fully saturated rings. The van der Waals surface area contributed by atoms with Crippen molar-refractivity contribution in [3.05, 3.63) is 72.4 Å². The molecule has 0 saturated heterocycles. The molecule has 0 unspecified atom stereocenters. The van der Waals surface area contributed by atoms with Crippen LogP contribution in [0.2, 0.25) is 0 Å². The molecule has 0 amide bonds. The predicted molar refractivity (Wildman–Crippen MR) is 116 cm³/mol. The number of hydrogen-bond donors (Lipinski definition) is 1. The smallest absolute Gasteiger partial charge is 0.265 e. The van der Waals surface area contributed by atoms with E-state index in [0.717, 1.165) is 23.5 Å². The van der Waals surface area contributed by atoms with Crippen molar-refractivity contribution in [2.75, 3.05) is 29.5 Å². The molecule has 156 valence electrons. The van der Waals surface area contributed by atoms with Gasteiger partial charge in [-0.2, -0.15) is 0 Å². The van der Waals surface area contributed by atoms with Gasteiger partial charge in [0.15, 0.2) is 11.5 Å². The molecule has 0 aliphatic carbocycles. The summed E-state index contributed by atoms with van der Waals surface area (Å²) in [5.41, 5.74) is 1.75. The summed E-state index contributed by atoms with van der Waals surface area (Å²) in [5.74, 6) is 2.15. The number of rotatable bonds is 8. The van der Waals surface area contributed by atoms with E-state index in [4.69, 9.17) is 9.47 Å². The fourth-order valence-corrected chi connectivity index (χ4v) is 4.70. The van der Waals surface area contributed by atoms with Crippen LogP contribution >= 0.6 is 0 Å². The molecule has 0 bridgehead atoms. The Morgan fingerprint density at radius 2 is 1.83 bits per heavy atom. The van der Waals surface area contributed by atoms with Crippen molar-refractivity contribution in [3.63, 3.8) is 0 Å². The van der Waals surface area contributed by atoms with Gasteiger partial charge in [0.2, 0.25) is 6.79 Å². The van der Waals surface area contributed by atoms with Crippen LogP contribution < -0.4 is 19.1 Å². The molecule has 2 aromatic carbocycles. The Morgan fingerprint density at radius 3 is 2.57 bits per heavy atom. The number of para-hydroxylation sites is 1. The number of ether oxygens (including phenoxy) is 2. The molecule has 7 nitrogen and oxygen atoms in total. The standard InChI is InChI=1S/C22H23N3O4S/c1-2-25(18-6-4-3-5-7-18)30(26,27)19-9-11-22(24-15-19)23-13-12-17-8-10-20-21(14-17)29-16-28-20/h3-11,14-15H,2,12-13,16H2,1H3,(H,23,24). The number of anilines is 2. The maximum Gasteiger partial charge on any atom is 0.265 e. The first kappa shape index (κ1) is 20.0. The van der Waals surface area contributed by atoms with E-state index in [2.05, 4.69) is 10.3 Å². The highest BCUT2D eigenvalue weighted by Gasteiger charge is 2.23. The molecule has 0 radical (unpaired) electrons. The molecule has 4 rings (SSSR count). The third-order valence-corrected chi connectivity index (χ3v) is 6.70. The Hall–Kier alpha value is -3.26. The topological polar surface area (TPSA) is 80.8 Å². The first-order valence-electron chi connectivity index (χ1n) is 9.74. The second-order valence-electron chi connectivity index (χ2n) is 6.75. The van der Waals surface area contributed by atoms with Crippen molar-refractivity contribution >= 4 is 21.5 Å². The summed E-state index contributed by atoms with van der Waals surface area (Å²) in [7, 11) is -3.67. The molecule has 2 heterocycles. The molecule has 0 spiro atoms. The zero-order valence-electron chi connectivity index (χ0n) is 16.6. The van der Waals surface area contributed by atoms with Crippen molar-refractivity contribution in [1.29, 1.82) is 0 Å². The summed E-state index contributed by atoms with van der Waals surface area (Å²) < 4.78 is 38.1. The first-order valence-corrected chi connectivity index (χ1v) is 11.2. The summed E-state index contributed by atoms with van der Waals surface area (Å²) in [6.45, 7) is 3.06. The monoisotopic (exact) mass is 425 g/mol. The van der Waals surface area contributed by atoms with Crippen LogP contribution in [-0.4, -0.2) is 33.3 Å². The minimum absolute atomic E-state index is 0.162. The molecule has 1 aliphatic rings. The van der Waals surface area contributed by atoms with E-state index in [1.807, 2.05) is 43.3 Å². The minimum Gasteiger partial charge on any atom is -0.454 e. The van der Waals surface area contributed by atoms with Crippen molar-refractivity contribution in [2.24, 2.45) is 0 Å². The molecule has 30 heavy (non-hydrogen) atoms. The quantitative estimate of drug-likeness (QED) is 0.593. The third-order valence-electron chi connectivity index (χ3n) is 4.81. The summed E-state index contributed by atoms with van der Waals surface area (Å²) in [5, 5.41) is 3.22. The lowest BCUT2D eigenvalue weighted by molar-refractivity contribution is 0.174. The van der Waals surface area contributed by atoms with E-state index < -0.39 is 10.0 Å². The zero-order chi connectivity index (χ0) is 21.0. The number of pyridine rings is 1. The SMILES string of the molecule is CCN(c1ccccc1)S(=O)(=O)c1ccc(NCCc2ccc3c(c2)OCO3)nc1. The number of nitrogens with zero attached hydrogens (tertiary/aromatic N) is 2. The summed E-state index contributed by atoms with van der Waals surface area (Å²) in [4.78, 5) is 4.44. The van der Waals surface area contributed by atoms with Gasteiger partial charge in [0.25, 0.3) is 10.0 Å². The van der Waals surface area contributed by atoms with E-state index in [9.17, 15) is 8.42 Å². The molecule has 1 aliphatic heterocycles. The lowest BCUT2D eigenvalue weighted by Gasteiger charge is -2.22. The Balaban J connectivity index is 1.40. The van der Waals surface area contributed by atoms with Gasteiger partial charge in [0.1, 0.15) is 10.7 Å². The van der Waals surface area contributed by atoms with Crippen molar-refractivity contribution in [3.8, 4) is 11.5 Å². The Labute approximate surface area is 176 Å². The van der Waals surface area contributed by atoms with Gasteiger partial charge in [-0.15, -0.1) is 0 Å². The highest BCUT2D eigenvalue weighted by Crippen LogP contribution is 2.32. The van der Waals surface area contributed by atoms with Crippen LogP contribution in [0.5, 0.6) is 11.5 Å². The maximum absolute atomic E-state index is 13.0. The summed E-state index contributed by atoms with van der Waals surface area (Å²) in [6.07, 6.45) is 2.17. The van der Waals surface area contributed by atoms with Gasteiger partial charge in [0.05, 0.1) is 5.69 Å². The lowest BCUT2D eigenvalue weighted by Crippen LogP contribution is -2.30.